The van der Waals surface area contributed by atoms with Crippen LogP contribution in [-0.2, 0) is 0 Å². The summed E-state index contributed by atoms with van der Waals surface area (Å²) in [4.78, 5) is 0. The number of benzene rings is 2. The smallest absolute Gasteiger partial charge is 0.127 e. The average molecular weight is 289 g/mol. The standard InChI is InChI=1S/C17H20FNO2/c1-12(15-8-3-4-9-16(15)18)19-11-17(20)13-6-5-7-14(10-13)21-2/h3-10,12,17,19-20H,11H2,1-2H3. The summed E-state index contributed by atoms with van der Waals surface area (Å²) in [5.41, 5.74) is 1.36. The Morgan fingerprint density at radius 3 is 2.67 bits per heavy atom. The van der Waals surface area contributed by atoms with E-state index in [1.54, 1.807) is 31.4 Å². The molecule has 2 rings (SSSR count). The van der Waals surface area contributed by atoms with Crippen LogP contribution in [0.2, 0.25) is 0 Å². The van der Waals surface area contributed by atoms with Crippen LogP contribution in [0.1, 0.15) is 30.2 Å². The lowest BCUT2D eigenvalue weighted by Crippen LogP contribution is -2.25. The van der Waals surface area contributed by atoms with Gasteiger partial charge in [-0.3, -0.25) is 0 Å². The highest BCUT2D eigenvalue weighted by Gasteiger charge is 2.13. The van der Waals surface area contributed by atoms with Crippen molar-refractivity contribution >= 4 is 0 Å². The first-order valence-corrected chi connectivity index (χ1v) is 6.91. The van der Waals surface area contributed by atoms with E-state index in [1.165, 1.54) is 6.07 Å². The summed E-state index contributed by atoms with van der Waals surface area (Å²) in [6.07, 6.45) is -0.672. The molecular formula is C17H20FNO2. The lowest BCUT2D eigenvalue weighted by atomic mass is 10.1. The highest BCUT2D eigenvalue weighted by molar-refractivity contribution is 5.30. The highest BCUT2D eigenvalue weighted by Crippen LogP contribution is 2.20. The van der Waals surface area contributed by atoms with Crippen LogP contribution < -0.4 is 10.1 Å². The van der Waals surface area contributed by atoms with Crippen molar-refractivity contribution in [3.8, 4) is 5.75 Å². The second-order valence-electron chi connectivity index (χ2n) is 4.94. The van der Waals surface area contributed by atoms with E-state index in [0.717, 1.165) is 5.56 Å². The average Bonchev–Trinajstić information content (AvgIpc) is 2.52. The van der Waals surface area contributed by atoms with Crippen molar-refractivity contribution < 1.29 is 14.2 Å². The van der Waals surface area contributed by atoms with E-state index in [1.807, 2.05) is 25.1 Å². The lowest BCUT2D eigenvalue weighted by molar-refractivity contribution is 0.170. The zero-order valence-corrected chi connectivity index (χ0v) is 12.2. The number of rotatable bonds is 6. The molecule has 0 aromatic heterocycles. The van der Waals surface area contributed by atoms with Gasteiger partial charge < -0.3 is 15.2 Å². The number of methoxy groups -OCH3 is 1. The van der Waals surface area contributed by atoms with E-state index in [4.69, 9.17) is 4.74 Å². The van der Waals surface area contributed by atoms with Crippen LogP contribution in [0.3, 0.4) is 0 Å². The third-order valence-electron chi connectivity index (χ3n) is 3.47. The second-order valence-corrected chi connectivity index (χ2v) is 4.94. The van der Waals surface area contributed by atoms with Crippen LogP contribution in [-0.4, -0.2) is 18.8 Å². The molecule has 2 unspecified atom stereocenters. The molecule has 0 aliphatic carbocycles. The summed E-state index contributed by atoms with van der Waals surface area (Å²) in [6, 6.07) is 13.8. The van der Waals surface area contributed by atoms with Crippen molar-refractivity contribution in [2.24, 2.45) is 0 Å². The first-order chi connectivity index (χ1) is 10.1. The maximum atomic E-state index is 13.7. The molecule has 3 nitrogen and oxygen atoms in total. The molecule has 0 saturated heterocycles. The van der Waals surface area contributed by atoms with Gasteiger partial charge >= 0.3 is 0 Å². The monoisotopic (exact) mass is 289 g/mol. The molecule has 2 aromatic rings. The Morgan fingerprint density at radius 1 is 1.19 bits per heavy atom. The van der Waals surface area contributed by atoms with Gasteiger partial charge in [-0.05, 0) is 30.7 Å². The number of halogens is 1. The van der Waals surface area contributed by atoms with Gasteiger partial charge in [0.1, 0.15) is 11.6 Å². The van der Waals surface area contributed by atoms with Gasteiger partial charge in [-0.1, -0.05) is 30.3 Å². The maximum absolute atomic E-state index is 13.7. The van der Waals surface area contributed by atoms with Crippen LogP contribution >= 0.6 is 0 Å². The van der Waals surface area contributed by atoms with E-state index in [-0.39, 0.29) is 11.9 Å². The summed E-state index contributed by atoms with van der Waals surface area (Å²) in [5, 5.41) is 13.3. The van der Waals surface area contributed by atoms with Crippen LogP contribution in [0.5, 0.6) is 5.75 Å². The lowest BCUT2D eigenvalue weighted by Gasteiger charge is -2.18. The molecule has 0 spiro atoms. The Morgan fingerprint density at radius 2 is 1.95 bits per heavy atom. The van der Waals surface area contributed by atoms with Crippen LogP contribution in [0.4, 0.5) is 4.39 Å². The van der Waals surface area contributed by atoms with Gasteiger partial charge in [-0.25, -0.2) is 4.39 Å². The topological polar surface area (TPSA) is 41.5 Å². The van der Waals surface area contributed by atoms with E-state index >= 15 is 0 Å². The molecule has 0 heterocycles. The fourth-order valence-electron chi connectivity index (χ4n) is 2.19. The Labute approximate surface area is 124 Å². The van der Waals surface area contributed by atoms with Crippen molar-refractivity contribution in [1.82, 2.24) is 5.32 Å². The van der Waals surface area contributed by atoms with Crippen molar-refractivity contribution in [1.29, 1.82) is 0 Å². The molecule has 4 heteroatoms. The minimum Gasteiger partial charge on any atom is -0.497 e. The summed E-state index contributed by atoms with van der Waals surface area (Å²) in [7, 11) is 1.59. The molecule has 0 aliphatic rings. The van der Waals surface area contributed by atoms with Gasteiger partial charge in [0.05, 0.1) is 13.2 Å². The van der Waals surface area contributed by atoms with Crippen LogP contribution in [0, 0.1) is 5.82 Å². The van der Waals surface area contributed by atoms with E-state index in [9.17, 15) is 9.50 Å². The Kier molecular flexibility index (Phi) is 5.31. The molecule has 0 amide bonds. The van der Waals surface area contributed by atoms with Crippen molar-refractivity contribution in [3.63, 3.8) is 0 Å². The molecule has 0 saturated carbocycles. The first kappa shape index (κ1) is 15.5. The first-order valence-electron chi connectivity index (χ1n) is 6.91. The number of nitrogens with one attached hydrogen (secondary N) is 1. The molecule has 2 aromatic carbocycles. The van der Waals surface area contributed by atoms with Gasteiger partial charge in [-0.15, -0.1) is 0 Å². The molecule has 2 N–H and O–H groups in total. The maximum Gasteiger partial charge on any atom is 0.127 e. The molecule has 0 fully saturated rings. The molecule has 21 heavy (non-hydrogen) atoms. The van der Waals surface area contributed by atoms with Crippen LogP contribution in [0.15, 0.2) is 48.5 Å². The number of aliphatic hydroxyl groups is 1. The fourth-order valence-corrected chi connectivity index (χ4v) is 2.19. The Balaban J connectivity index is 1.97. The molecule has 112 valence electrons. The van der Waals surface area contributed by atoms with Crippen molar-refractivity contribution in [2.45, 2.75) is 19.1 Å². The Hall–Kier alpha value is -1.91. The molecule has 0 aliphatic heterocycles. The van der Waals surface area contributed by atoms with Gasteiger partial charge in [-0.2, -0.15) is 0 Å². The number of hydrogen-bond donors (Lipinski definition) is 2. The zero-order chi connectivity index (χ0) is 15.2. The SMILES string of the molecule is COc1cccc(C(O)CNC(C)c2ccccc2F)c1. The number of aliphatic hydroxyl groups excluding tert-OH is 1. The third-order valence-corrected chi connectivity index (χ3v) is 3.47. The number of hydrogen-bond acceptors (Lipinski definition) is 3. The molecule has 0 radical (unpaired) electrons. The fraction of sp³-hybridized carbons (Fsp3) is 0.294. The summed E-state index contributed by atoms with van der Waals surface area (Å²) < 4.78 is 18.8. The number of ether oxygens (including phenoxy) is 1. The second kappa shape index (κ2) is 7.20. The van der Waals surface area contributed by atoms with Crippen molar-refractivity contribution in [3.05, 3.63) is 65.5 Å². The van der Waals surface area contributed by atoms with E-state index in [0.29, 0.717) is 17.9 Å². The molecule has 0 bridgehead atoms. The minimum absolute atomic E-state index is 0.175. The predicted molar refractivity (Wildman–Crippen MR) is 80.8 cm³/mol. The summed E-state index contributed by atoms with van der Waals surface area (Å²) >= 11 is 0. The minimum atomic E-state index is -0.672. The third kappa shape index (κ3) is 4.03. The largest absolute Gasteiger partial charge is 0.497 e. The summed E-state index contributed by atoms with van der Waals surface area (Å²) in [6.45, 7) is 2.21. The van der Waals surface area contributed by atoms with E-state index in [2.05, 4.69) is 5.32 Å². The summed E-state index contributed by atoms with van der Waals surface area (Å²) in [5.74, 6) is 0.460. The molecule has 2 atom stereocenters. The Bertz CT molecular complexity index is 589. The quantitative estimate of drug-likeness (QED) is 0.858. The van der Waals surface area contributed by atoms with E-state index < -0.39 is 6.10 Å². The van der Waals surface area contributed by atoms with Crippen molar-refractivity contribution in [2.75, 3.05) is 13.7 Å². The zero-order valence-electron chi connectivity index (χ0n) is 12.2. The van der Waals surface area contributed by atoms with Gasteiger partial charge in [0.15, 0.2) is 0 Å². The predicted octanol–water partition coefficient (Wildman–Crippen LogP) is 3.22. The molecular weight excluding hydrogens is 269 g/mol. The van der Waals surface area contributed by atoms with Gasteiger partial charge in [0, 0.05) is 18.2 Å². The normalized spacial score (nSPS) is 13.7. The van der Waals surface area contributed by atoms with Gasteiger partial charge in [0.2, 0.25) is 0 Å². The van der Waals surface area contributed by atoms with Gasteiger partial charge in [0.25, 0.3) is 0 Å². The highest BCUT2D eigenvalue weighted by atomic mass is 19.1. The van der Waals surface area contributed by atoms with Crippen LogP contribution in [0.25, 0.3) is 0 Å².